The van der Waals surface area contributed by atoms with Gasteiger partial charge in [0.05, 0.1) is 18.4 Å². The van der Waals surface area contributed by atoms with Gasteiger partial charge in [-0.1, -0.05) is 11.3 Å². The number of carbonyl (C=O) groups is 1. The van der Waals surface area contributed by atoms with Crippen molar-refractivity contribution in [2.45, 2.75) is 32.0 Å². The quantitative estimate of drug-likeness (QED) is 0.643. The van der Waals surface area contributed by atoms with Gasteiger partial charge in [-0.15, -0.1) is 5.10 Å². The Labute approximate surface area is 168 Å². The van der Waals surface area contributed by atoms with Crippen molar-refractivity contribution in [2.75, 3.05) is 13.1 Å². The molecule has 0 bridgehead atoms. The number of rotatable bonds is 7. The first-order valence-corrected chi connectivity index (χ1v) is 9.58. The summed E-state index contributed by atoms with van der Waals surface area (Å²) in [5.41, 5.74) is 7.54. The van der Waals surface area contributed by atoms with Crippen molar-refractivity contribution in [2.24, 2.45) is 5.73 Å². The lowest BCUT2D eigenvalue weighted by Gasteiger charge is -2.31. The van der Waals surface area contributed by atoms with Crippen LogP contribution in [0.3, 0.4) is 0 Å². The first kappa shape index (κ1) is 19.0. The van der Waals surface area contributed by atoms with Crippen LogP contribution < -0.4 is 10.5 Å². The van der Waals surface area contributed by atoms with Gasteiger partial charge in [0.2, 0.25) is 0 Å². The van der Waals surface area contributed by atoms with Crippen LogP contribution in [0.25, 0.3) is 0 Å². The Morgan fingerprint density at radius 3 is 2.83 bits per heavy atom. The van der Waals surface area contributed by atoms with Crippen LogP contribution in [-0.4, -0.2) is 55.0 Å². The minimum absolute atomic E-state index is 0.107. The number of nitrogens with two attached hydrogens (primary N) is 1. The van der Waals surface area contributed by atoms with E-state index < -0.39 is 5.91 Å². The Hall–Kier alpha value is -3.33. The number of carbonyl (C=O) groups excluding carboxylic acids is 1. The molecule has 29 heavy (non-hydrogen) atoms. The Balaban J connectivity index is 1.26. The molecule has 9 heteroatoms. The molecule has 9 nitrogen and oxygen atoms in total. The molecule has 0 spiro atoms. The van der Waals surface area contributed by atoms with E-state index in [1.165, 1.54) is 0 Å². The summed E-state index contributed by atoms with van der Waals surface area (Å²) in [4.78, 5) is 21.7. The summed E-state index contributed by atoms with van der Waals surface area (Å²) < 4.78 is 7.84. The number of likely N-dealkylation sites (tertiary alicyclic amines) is 1. The standard InChI is InChI=1S/C20H23N7O2/c21-20(28)19-10-18(3-7-23-19)29-17-4-8-26(9-5-17)13-16-14-27(25-24-16)12-15-2-1-6-22-11-15/h1-3,6-7,10-11,14,17H,4-5,8-9,12-13H2,(H2,21,28). The maximum absolute atomic E-state index is 11.2. The number of amides is 1. The fourth-order valence-electron chi connectivity index (χ4n) is 3.39. The van der Waals surface area contributed by atoms with Crippen molar-refractivity contribution >= 4 is 5.91 Å². The van der Waals surface area contributed by atoms with E-state index in [0.29, 0.717) is 12.3 Å². The maximum atomic E-state index is 11.2. The minimum Gasteiger partial charge on any atom is -0.490 e. The van der Waals surface area contributed by atoms with Crippen molar-refractivity contribution in [3.05, 3.63) is 66.0 Å². The van der Waals surface area contributed by atoms with Crippen molar-refractivity contribution in [3.63, 3.8) is 0 Å². The number of ether oxygens (including phenoxy) is 1. The zero-order valence-corrected chi connectivity index (χ0v) is 16.0. The molecule has 1 fully saturated rings. The van der Waals surface area contributed by atoms with Gasteiger partial charge in [-0.3, -0.25) is 19.7 Å². The number of piperidine rings is 1. The lowest BCUT2D eigenvalue weighted by atomic mass is 10.1. The van der Waals surface area contributed by atoms with Gasteiger partial charge in [-0.2, -0.15) is 0 Å². The molecule has 3 aromatic heterocycles. The topological polar surface area (TPSA) is 112 Å². The molecule has 4 rings (SSSR count). The van der Waals surface area contributed by atoms with Crippen molar-refractivity contribution < 1.29 is 9.53 Å². The molecule has 150 valence electrons. The first-order chi connectivity index (χ1) is 14.2. The van der Waals surface area contributed by atoms with Crippen LogP contribution >= 0.6 is 0 Å². The Kier molecular flexibility index (Phi) is 5.76. The van der Waals surface area contributed by atoms with E-state index in [-0.39, 0.29) is 11.8 Å². The molecular formula is C20H23N7O2. The summed E-state index contributed by atoms with van der Waals surface area (Å²) in [5, 5.41) is 8.50. The van der Waals surface area contributed by atoms with Crippen LogP contribution in [-0.2, 0) is 13.1 Å². The van der Waals surface area contributed by atoms with Crippen LogP contribution in [0.4, 0.5) is 0 Å². The summed E-state index contributed by atoms with van der Waals surface area (Å²) in [5.74, 6) is 0.0763. The Morgan fingerprint density at radius 1 is 1.21 bits per heavy atom. The van der Waals surface area contributed by atoms with E-state index in [9.17, 15) is 4.79 Å². The molecule has 4 heterocycles. The van der Waals surface area contributed by atoms with Crippen LogP contribution in [0, 0.1) is 0 Å². The second kappa shape index (κ2) is 8.78. The predicted octanol–water partition coefficient (Wildman–Crippen LogP) is 1.26. The lowest BCUT2D eigenvalue weighted by molar-refractivity contribution is 0.0948. The summed E-state index contributed by atoms with van der Waals surface area (Å²) >= 11 is 0. The van der Waals surface area contributed by atoms with E-state index in [1.807, 2.05) is 29.2 Å². The van der Waals surface area contributed by atoms with E-state index >= 15 is 0 Å². The molecule has 1 aliphatic heterocycles. The molecule has 0 aliphatic carbocycles. The number of hydrogen-bond acceptors (Lipinski definition) is 7. The summed E-state index contributed by atoms with van der Waals surface area (Å²) in [6.45, 7) is 3.25. The van der Waals surface area contributed by atoms with Gasteiger partial charge in [0, 0.05) is 44.3 Å². The second-order valence-corrected chi connectivity index (χ2v) is 7.10. The largest absolute Gasteiger partial charge is 0.490 e. The third-order valence-corrected chi connectivity index (χ3v) is 4.86. The second-order valence-electron chi connectivity index (χ2n) is 7.10. The summed E-state index contributed by atoms with van der Waals surface area (Å²) in [6, 6.07) is 7.28. The number of nitrogens with zero attached hydrogens (tertiary/aromatic N) is 6. The highest BCUT2D eigenvalue weighted by Crippen LogP contribution is 2.20. The van der Waals surface area contributed by atoms with E-state index in [0.717, 1.165) is 43.7 Å². The number of primary amides is 1. The third kappa shape index (κ3) is 5.14. The molecule has 0 aromatic carbocycles. The van der Waals surface area contributed by atoms with Gasteiger partial charge >= 0.3 is 0 Å². The predicted molar refractivity (Wildman–Crippen MR) is 105 cm³/mol. The highest BCUT2D eigenvalue weighted by Gasteiger charge is 2.21. The molecule has 1 saturated heterocycles. The fraction of sp³-hybridized carbons (Fsp3) is 0.350. The summed E-state index contributed by atoms with van der Waals surface area (Å²) in [6.07, 6.45) is 9.03. The maximum Gasteiger partial charge on any atom is 0.267 e. The van der Waals surface area contributed by atoms with E-state index in [1.54, 1.807) is 24.5 Å². The smallest absolute Gasteiger partial charge is 0.267 e. The number of aromatic nitrogens is 5. The van der Waals surface area contributed by atoms with Gasteiger partial charge in [-0.05, 0) is 30.5 Å². The third-order valence-electron chi connectivity index (χ3n) is 4.86. The normalized spacial score (nSPS) is 15.3. The average Bonchev–Trinajstić information content (AvgIpc) is 3.17. The monoisotopic (exact) mass is 393 g/mol. The summed E-state index contributed by atoms with van der Waals surface area (Å²) in [7, 11) is 0. The fourth-order valence-corrected chi connectivity index (χ4v) is 3.39. The SMILES string of the molecule is NC(=O)c1cc(OC2CCN(Cc3cn(Cc4cccnc4)nn3)CC2)ccn1. The Bertz CT molecular complexity index is 952. The zero-order chi connectivity index (χ0) is 20.1. The highest BCUT2D eigenvalue weighted by atomic mass is 16.5. The molecule has 3 aromatic rings. The zero-order valence-electron chi connectivity index (χ0n) is 16.0. The molecule has 0 unspecified atom stereocenters. The van der Waals surface area contributed by atoms with Gasteiger partial charge in [0.1, 0.15) is 17.5 Å². The van der Waals surface area contributed by atoms with Crippen molar-refractivity contribution in [1.82, 2.24) is 29.9 Å². The first-order valence-electron chi connectivity index (χ1n) is 9.58. The number of hydrogen-bond donors (Lipinski definition) is 1. The van der Waals surface area contributed by atoms with E-state index in [2.05, 4.69) is 25.2 Å². The van der Waals surface area contributed by atoms with Crippen molar-refractivity contribution in [3.8, 4) is 5.75 Å². The number of pyridine rings is 2. The van der Waals surface area contributed by atoms with Crippen LogP contribution in [0.2, 0.25) is 0 Å². The molecule has 0 saturated carbocycles. The van der Waals surface area contributed by atoms with Crippen LogP contribution in [0.1, 0.15) is 34.6 Å². The molecule has 1 aliphatic rings. The average molecular weight is 393 g/mol. The minimum atomic E-state index is -0.554. The van der Waals surface area contributed by atoms with E-state index in [4.69, 9.17) is 10.5 Å². The van der Waals surface area contributed by atoms with Gasteiger partial charge < -0.3 is 10.5 Å². The lowest BCUT2D eigenvalue weighted by Crippen LogP contribution is -2.37. The van der Waals surface area contributed by atoms with Gasteiger partial charge in [-0.25, -0.2) is 4.68 Å². The van der Waals surface area contributed by atoms with Crippen LogP contribution in [0.5, 0.6) is 5.75 Å². The van der Waals surface area contributed by atoms with Crippen molar-refractivity contribution in [1.29, 1.82) is 0 Å². The molecular weight excluding hydrogens is 370 g/mol. The van der Waals surface area contributed by atoms with Crippen LogP contribution in [0.15, 0.2) is 49.1 Å². The van der Waals surface area contributed by atoms with Gasteiger partial charge in [0.15, 0.2) is 0 Å². The highest BCUT2D eigenvalue weighted by molar-refractivity contribution is 5.91. The Morgan fingerprint density at radius 2 is 2.07 bits per heavy atom. The van der Waals surface area contributed by atoms with Gasteiger partial charge in [0.25, 0.3) is 5.91 Å². The molecule has 0 radical (unpaired) electrons. The molecule has 0 atom stereocenters. The molecule has 1 amide bonds. The molecule has 2 N–H and O–H groups in total.